The van der Waals surface area contributed by atoms with Gasteiger partial charge in [0.15, 0.2) is 0 Å². The molecule has 0 amide bonds. The Bertz CT molecular complexity index is 518. The number of alkyl halides is 6. The van der Waals surface area contributed by atoms with Crippen LogP contribution in [0.1, 0.15) is 31.4 Å². The molecular weight excluding hydrogens is 333 g/mol. The number of rotatable bonds is 7. The average Bonchev–Trinajstić information content (AvgIpc) is 2.42. The summed E-state index contributed by atoms with van der Waals surface area (Å²) in [5.41, 5.74) is -5.38. The van der Waals surface area contributed by atoms with E-state index in [2.05, 4.69) is 0 Å². The third-order valence-corrected chi connectivity index (χ3v) is 3.06. The lowest BCUT2D eigenvalue weighted by Gasteiger charge is -2.29. The Hall–Kier alpha value is -1.51. The quantitative estimate of drug-likeness (QED) is 0.731. The molecule has 0 aromatic heterocycles. The molecule has 2 nitrogen and oxygen atoms in total. The van der Waals surface area contributed by atoms with Gasteiger partial charge in [0, 0.05) is 12.5 Å². The SMILES string of the molecule is CCCOc1cc(F)cc(C(O)CC(F)(C(F)F)C(F)(F)F)c1. The Labute approximate surface area is 127 Å². The molecule has 0 spiro atoms. The number of aliphatic hydroxyl groups is 1. The highest BCUT2D eigenvalue weighted by atomic mass is 19.4. The van der Waals surface area contributed by atoms with Gasteiger partial charge >= 0.3 is 6.18 Å². The minimum atomic E-state index is -5.88. The smallest absolute Gasteiger partial charge is 0.428 e. The van der Waals surface area contributed by atoms with Crippen molar-refractivity contribution in [3.8, 4) is 5.75 Å². The van der Waals surface area contributed by atoms with Crippen LogP contribution in [-0.2, 0) is 0 Å². The Morgan fingerprint density at radius 2 is 1.74 bits per heavy atom. The highest BCUT2D eigenvalue weighted by Gasteiger charge is 2.63. The summed E-state index contributed by atoms with van der Waals surface area (Å²) in [6.07, 6.45) is -13.9. The van der Waals surface area contributed by atoms with Crippen molar-refractivity contribution in [3.63, 3.8) is 0 Å². The molecule has 1 aromatic carbocycles. The fraction of sp³-hybridized carbons (Fsp3) is 0.571. The fourth-order valence-electron chi connectivity index (χ4n) is 1.81. The second kappa shape index (κ2) is 7.37. The molecule has 0 aliphatic rings. The number of ether oxygens (including phenoxy) is 1. The van der Waals surface area contributed by atoms with Gasteiger partial charge in [-0.3, -0.25) is 0 Å². The van der Waals surface area contributed by atoms with Crippen LogP contribution >= 0.6 is 0 Å². The van der Waals surface area contributed by atoms with Gasteiger partial charge in [0.25, 0.3) is 12.1 Å². The third kappa shape index (κ3) is 4.73. The maximum Gasteiger partial charge on any atom is 0.428 e. The first-order valence-corrected chi connectivity index (χ1v) is 6.66. The molecule has 1 aromatic rings. The Balaban J connectivity index is 3.04. The number of benzene rings is 1. The van der Waals surface area contributed by atoms with Crippen molar-refractivity contribution < 1.29 is 40.6 Å². The second-order valence-electron chi connectivity index (χ2n) is 4.95. The molecule has 23 heavy (non-hydrogen) atoms. The first kappa shape index (κ1) is 19.5. The third-order valence-electron chi connectivity index (χ3n) is 3.06. The number of aliphatic hydroxyl groups excluding tert-OH is 1. The predicted molar refractivity (Wildman–Crippen MR) is 67.7 cm³/mol. The molecule has 132 valence electrons. The van der Waals surface area contributed by atoms with Gasteiger partial charge in [-0.05, 0) is 24.1 Å². The van der Waals surface area contributed by atoms with Crippen molar-refractivity contribution in [2.75, 3.05) is 6.61 Å². The number of hydrogen-bond acceptors (Lipinski definition) is 2. The van der Waals surface area contributed by atoms with E-state index in [9.17, 15) is 35.8 Å². The number of hydrogen-bond donors (Lipinski definition) is 1. The van der Waals surface area contributed by atoms with Crippen LogP contribution in [0.3, 0.4) is 0 Å². The molecule has 0 fully saturated rings. The van der Waals surface area contributed by atoms with Gasteiger partial charge in [0.2, 0.25) is 0 Å². The lowest BCUT2D eigenvalue weighted by molar-refractivity contribution is -0.276. The van der Waals surface area contributed by atoms with Crippen LogP contribution in [0.25, 0.3) is 0 Å². The molecule has 1 rings (SSSR count). The van der Waals surface area contributed by atoms with E-state index in [1.165, 1.54) is 0 Å². The molecule has 0 saturated heterocycles. The van der Waals surface area contributed by atoms with Gasteiger partial charge in [0.05, 0.1) is 12.7 Å². The van der Waals surface area contributed by atoms with Crippen LogP contribution < -0.4 is 4.74 Å². The summed E-state index contributed by atoms with van der Waals surface area (Å²) in [6.45, 7) is 1.92. The normalized spacial score (nSPS) is 16.3. The average molecular weight is 348 g/mol. The summed E-state index contributed by atoms with van der Waals surface area (Å²) >= 11 is 0. The minimum absolute atomic E-state index is 0.102. The van der Waals surface area contributed by atoms with Gasteiger partial charge in [-0.1, -0.05) is 6.92 Å². The van der Waals surface area contributed by atoms with Gasteiger partial charge in [-0.25, -0.2) is 17.6 Å². The van der Waals surface area contributed by atoms with E-state index in [0.29, 0.717) is 12.5 Å². The molecule has 0 heterocycles. The van der Waals surface area contributed by atoms with Gasteiger partial charge in [0.1, 0.15) is 11.6 Å². The van der Waals surface area contributed by atoms with Crippen LogP contribution in [0, 0.1) is 5.82 Å². The van der Waals surface area contributed by atoms with Crippen LogP contribution in [0.2, 0.25) is 0 Å². The summed E-state index contributed by atoms with van der Waals surface area (Å²) in [6, 6.07) is 2.52. The lowest BCUT2D eigenvalue weighted by atomic mass is 9.93. The van der Waals surface area contributed by atoms with E-state index in [4.69, 9.17) is 4.74 Å². The van der Waals surface area contributed by atoms with Crippen molar-refractivity contribution in [1.82, 2.24) is 0 Å². The minimum Gasteiger partial charge on any atom is -0.493 e. The van der Waals surface area contributed by atoms with E-state index in [1.807, 2.05) is 0 Å². The highest BCUT2D eigenvalue weighted by molar-refractivity contribution is 5.31. The van der Waals surface area contributed by atoms with Crippen LogP contribution in [0.5, 0.6) is 5.75 Å². The van der Waals surface area contributed by atoms with Gasteiger partial charge in [-0.2, -0.15) is 13.2 Å². The van der Waals surface area contributed by atoms with Crippen LogP contribution in [-0.4, -0.2) is 30.0 Å². The van der Waals surface area contributed by atoms with E-state index in [1.54, 1.807) is 6.92 Å². The summed E-state index contributed by atoms with van der Waals surface area (Å²) in [7, 11) is 0. The Morgan fingerprint density at radius 3 is 2.22 bits per heavy atom. The van der Waals surface area contributed by atoms with E-state index in [0.717, 1.165) is 12.1 Å². The van der Waals surface area contributed by atoms with Crippen LogP contribution in [0.15, 0.2) is 18.2 Å². The largest absolute Gasteiger partial charge is 0.493 e. The summed E-state index contributed by atoms with van der Waals surface area (Å²) < 4.78 is 94.5. The summed E-state index contributed by atoms with van der Waals surface area (Å²) in [5.74, 6) is -1.06. The number of halogens is 7. The zero-order valence-corrected chi connectivity index (χ0v) is 12.0. The molecule has 9 heteroatoms. The summed E-state index contributed by atoms with van der Waals surface area (Å²) in [4.78, 5) is 0. The molecule has 0 aliphatic heterocycles. The molecule has 1 N–H and O–H groups in total. The lowest BCUT2D eigenvalue weighted by Crippen LogP contribution is -2.48. The Kier molecular flexibility index (Phi) is 6.26. The first-order valence-electron chi connectivity index (χ1n) is 6.66. The fourth-order valence-corrected chi connectivity index (χ4v) is 1.81. The van der Waals surface area contributed by atoms with Crippen molar-refractivity contribution in [2.45, 2.75) is 44.1 Å². The van der Waals surface area contributed by atoms with E-state index in [-0.39, 0.29) is 12.4 Å². The summed E-state index contributed by atoms with van der Waals surface area (Å²) in [5, 5.41) is 9.65. The zero-order chi connectivity index (χ0) is 17.8. The zero-order valence-electron chi connectivity index (χ0n) is 12.0. The van der Waals surface area contributed by atoms with Crippen molar-refractivity contribution in [2.24, 2.45) is 0 Å². The van der Waals surface area contributed by atoms with Crippen molar-refractivity contribution in [1.29, 1.82) is 0 Å². The monoisotopic (exact) mass is 348 g/mol. The van der Waals surface area contributed by atoms with Crippen molar-refractivity contribution in [3.05, 3.63) is 29.6 Å². The van der Waals surface area contributed by atoms with E-state index < -0.39 is 42.2 Å². The van der Waals surface area contributed by atoms with Crippen LogP contribution in [0.4, 0.5) is 30.7 Å². The maximum absolute atomic E-state index is 13.6. The Morgan fingerprint density at radius 1 is 1.13 bits per heavy atom. The van der Waals surface area contributed by atoms with Gasteiger partial charge in [-0.15, -0.1) is 0 Å². The van der Waals surface area contributed by atoms with E-state index >= 15 is 0 Å². The second-order valence-corrected chi connectivity index (χ2v) is 4.95. The maximum atomic E-state index is 13.6. The standard InChI is InChI=1S/C14H15F7O2/c1-2-3-23-10-5-8(4-9(15)6-10)11(22)7-13(18,12(16)17)14(19,20)21/h4-6,11-12,22H,2-3,7H2,1H3. The van der Waals surface area contributed by atoms with Gasteiger partial charge < -0.3 is 9.84 Å². The molecule has 0 aliphatic carbocycles. The predicted octanol–water partition coefficient (Wildman–Crippen LogP) is 4.57. The highest BCUT2D eigenvalue weighted by Crippen LogP contribution is 2.44. The molecule has 2 atom stereocenters. The topological polar surface area (TPSA) is 29.5 Å². The molecule has 0 saturated carbocycles. The molecule has 0 bridgehead atoms. The molecule has 0 radical (unpaired) electrons. The molecule has 2 unspecified atom stereocenters. The first-order chi connectivity index (χ1) is 10.5. The van der Waals surface area contributed by atoms with Crippen molar-refractivity contribution >= 4 is 0 Å². The molecular formula is C14H15F7O2.